The number of rotatable bonds is 6. The molecule has 0 bridgehead atoms. The number of amides is 1. The molecule has 1 unspecified atom stereocenters. The van der Waals surface area contributed by atoms with Crippen molar-refractivity contribution in [3.63, 3.8) is 0 Å². The zero-order chi connectivity index (χ0) is 20.3. The minimum atomic E-state index is -0.439. The van der Waals surface area contributed by atoms with Crippen LogP contribution in [0.5, 0.6) is 0 Å². The number of nitrogens with one attached hydrogen (secondary N) is 1. The van der Waals surface area contributed by atoms with E-state index in [0.29, 0.717) is 23.7 Å². The van der Waals surface area contributed by atoms with Gasteiger partial charge in [0.05, 0.1) is 22.2 Å². The van der Waals surface area contributed by atoms with Gasteiger partial charge < -0.3 is 11.1 Å². The molecule has 3 rings (SSSR count). The number of halogens is 1. The topological polar surface area (TPSA) is 102 Å². The second-order valence-corrected chi connectivity index (χ2v) is 7.34. The number of carbonyl (C=O) groups is 1. The lowest BCUT2D eigenvalue weighted by Crippen LogP contribution is -2.41. The second-order valence-electron chi connectivity index (χ2n) is 7.34. The highest BCUT2D eigenvalue weighted by Gasteiger charge is 2.37. The van der Waals surface area contributed by atoms with Crippen LogP contribution in [-0.4, -0.2) is 41.4 Å². The number of hydrogen-bond acceptors (Lipinski definition) is 5. The van der Waals surface area contributed by atoms with Crippen LogP contribution >= 0.6 is 12.4 Å². The van der Waals surface area contributed by atoms with Crippen molar-refractivity contribution in [2.75, 3.05) is 25.0 Å². The first-order chi connectivity index (χ1) is 13.4. The number of nitro groups is 1. The number of likely N-dealkylation sites (tertiary alicyclic amines) is 1. The van der Waals surface area contributed by atoms with Crippen LogP contribution < -0.4 is 11.1 Å². The van der Waals surface area contributed by atoms with E-state index < -0.39 is 4.92 Å². The molecule has 1 heterocycles. The van der Waals surface area contributed by atoms with Crippen molar-refractivity contribution < 1.29 is 9.72 Å². The predicted octanol–water partition coefficient (Wildman–Crippen LogP) is 3.33. The highest BCUT2D eigenvalue weighted by atomic mass is 35.5. The van der Waals surface area contributed by atoms with Crippen molar-refractivity contribution in [1.82, 2.24) is 4.90 Å². The Bertz CT molecular complexity index is 862. The Balaban J connectivity index is 0.00000300. The van der Waals surface area contributed by atoms with Crippen LogP contribution in [0.15, 0.2) is 48.5 Å². The van der Waals surface area contributed by atoms with Gasteiger partial charge in [0.1, 0.15) is 0 Å². The third-order valence-corrected chi connectivity index (χ3v) is 5.69. The SMILES string of the molecule is Cc1c(NC(=O)C(C)N2C[C@@H](CN)[C@H](c3ccccc3)C2)cccc1[N+](=O)[O-].Cl. The standard InChI is InChI=1S/C21H26N4O3.ClH/c1-14-19(9-6-10-20(14)25(27)28)23-21(26)15(2)24-12-17(11-22)18(13-24)16-7-4-3-5-8-16;/h3-10,15,17-18H,11-13,22H2,1-2H3,(H,23,26);1H/t15?,17-,18+;/m1./s1. The van der Waals surface area contributed by atoms with Crippen molar-refractivity contribution in [1.29, 1.82) is 0 Å². The smallest absolute Gasteiger partial charge is 0.274 e. The van der Waals surface area contributed by atoms with E-state index in [1.807, 2.05) is 25.1 Å². The summed E-state index contributed by atoms with van der Waals surface area (Å²) in [6.07, 6.45) is 0. The van der Waals surface area contributed by atoms with Crippen LogP contribution in [-0.2, 0) is 4.79 Å². The molecule has 29 heavy (non-hydrogen) atoms. The number of anilines is 1. The second kappa shape index (κ2) is 9.82. The number of benzene rings is 2. The van der Waals surface area contributed by atoms with Gasteiger partial charge in [-0.05, 0) is 37.9 Å². The first-order valence-corrected chi connectivity index (χ1v) is 9.46. The first kappa shape index (κ1) is 22.8. The number of nitrogens with two attached hydrogens (primary N) is 1. The third-order valence-electron chi connectivity index (χ3n) is 5.69. The molecule has 3 atom stereocenters. The Morgan fingerprint density at radius 1 is 1.24 bits per heavy atom. The molecule has 1 fully saturated rings. The minimum Gasteiger partial charge on any atom is -0.330 e. The molecule has 0 saturated carbocycles. The number of hydrogen-bond donors (Lipinski definition) is 2. The molecule has 0 radical (unpaired) electrons. The van der Waals surface area contributed by atoms with Gasteiger partial charge >= 0.3 is 0 Å². The average Bonchev–Trinajstić information content (AvgIpc) is 3.13. The predicted molar refractivity (Wildman–Crippen MR) is 116 cm³/mol. The fourth-order valence-corrected chi connectivity index (χ4v) is 3.90. The quantitative estimate of drug-likeness (QED) is 0.553. The molecular weight excluding hydrogens is 392 g/mol. The molecule has 156 valence electrons. The summed E-state index contributed by atoms with van der Waals surface area (Å²) in [5.41, 5.74) is 8.16. The summed E-state index contributed by atoms with van der Waals surface area (Å²) in [5.74, 6) is 0.409. The van der Waals surface area contributed by atoms with Crippen LogP contribution in [0.1, 0.15) is 24.0 Å². The normalized spacial score (nSPS) is 20.0. The van der Waals surface area contributed by atoms with Crippen LogP contribution in [0.2, 0.25) is 0 Å². The van der Waals surface area contributed by atoms with Gasteiger partial charge in [0.2, 0.25) is 5.91 Å². The lowest BCUT2D eigenvalue weighted by atomic mass is 9.89. The summed E-state index contributed by atoms with van der Waals surface area (Å²) >= 11 is 0. The Hall–Kier alpha value is -2.48. The summed E-state index contributed by atoms with van der Waals surface area (Å²) in [6.45, 7) is 5.58. The lowest BCUT2D eigenvalue weighted by molar-refractivity contribution is -0.385. The fourth-order valence-electron chi connectivity index (χ4n) is 3.90. The van der Waals surface area contributed by atoms with Crippen LogP contribution in [0.25, 0.3) is 0 Å². The maximum atomic E-state index is 12.8. The highest BCUT2D eigenvalue weighted by Crippen LogP contribution is 2.33. The van der Waals surface area contributed by atoms with Gasteiger partial charge in [0.25, 0.3) is 5.69 Å². The van der Waals surface area contributed by atoms with Gasteiger partial charge in [-0.3, -0.25) is 19.8 Å². The van der Waals surface area contributed by atoms with Gasteiger partial charge in [0.15, 0.2) is 0 Å². The van der Waals surface area contributed by atoms with Crippen LogP contribution in [0, 0.1) is 23.0 Å². The van der Waals surface area contributed by atoms with Gasteiger partial charge in [-0.2, -0.15) is 0 Å². The molecule has 0 aromatic heterocycles. The molecule has 1 aliphatic heterocycles. The molecule has 2 aromatic rings. The summed E-state index contributed by atoms with van der Waals surface area (Å²) in [5, 5.41) is 14.0. The molecule has 1 saturated heterocycles. The van der Waals surface area contributed by atoms with E-state index in [4.69, 9.17) is 5.73 Å². The van der Waals surface area contributed by atoms with Crippen LogP contribution in [0.4, 0.5) is 11.4 Å². The summed E-state index contributed by atoms with van der Waals surface area (Å²) in [6, 6.07) is 14.6. The maximum Gasteiger partial charge on any atom is 0.274 e. The summed E-state index contributed by atoms with van der Waals surface area (Å²) in [4.78, 5) is 25.6. The average molecular weight is 419 g/mol. The maximum absolute atomic E-state index is 12.8. The molecule has 3 N–H and O–H groups in total. The molecule has 8 heteroatoms. The van der Waals surface area contributed by atoms with Gasteiger partial charge in [-0.15, -0.1) is 12.4 Å². The Kier molecular flexibility index (Phi) is 7.73. The van der Waals surface area contributed by atoms with Gasteiger partial charge in [-0.1, -0.05) is 36.4 Å². The van der Waals surface area contributed by atoms with E-state index in [1.165, 1.54) is 11.6 Å². The van der Waals surface area contributed by atoms with Crippen molar-refractivity contribution in [2.24, 2.45) is 11.7 Å². The van der Waals surface area contributed by atoms with Crippen molar-refractivity contribution >= 4 is 29.7 Å². The largest absolute Gasteiger partial charge is 0.330 e. The van der Waals surface area contributed by atoms with Gasteiger partial charge in [0, 0.05) is 25.1 Å². The molecule has 1 aliphatic rings. The van der Waals surface area contributed by atoms with E-state index in [1.54, 1.807) is 19.1 Å². The zero-order valence-corrected chi connectivity index (χ0v) is 17.4. The Morgan fingerprint density at radius 2 is 1.93 bits per heavy atom. The molecular formula is C21H27ClN4O3. The van der Waals surface area contributed by atoms with E-state index in [2.05, 4.69) is 22.3 Å². The monoisotopic (exact) mass is 418 g/mol. The highest BCUT2D eigenvalue weighted by molar-refractivity contribution is 5.95. The van der Waals surface area contributed by atoms with Crippen molar-refractivity contribution in [3.05, 3.63) is 69.8 Å². The van der Waals surface area contributed by atoms with Crippen molar-refractivity contribution in [2.45, 2.75) is 25.8 Å². The summed E-state index contributed by atoms with van der Waals surface area (Å²) < 4.78 is 0. The van der Waals surface area contributed by atoms with E-state index in [9.17, 15) is 14.9 Å². The molecule has 0 spiro atoms. The Morgan fingerprint density at radius 3 is 2.55 bits per heavy atom. The van der Waals surface area contributed by atoms with Crippen molar-refractivity contribution in [3.8, 4) is 0 Å². The molecule has 0 aliphatic carbocycles. The van der Waals surface area contributed by atoms with E-state index in [-0.39, 0.29) is 36.0 Å². The van der Waals surface area contributed by atoms with E-state index in [0.717, 1.165) is 13.1 Å². The zero-order valence-electron chi connectivity index (χ0n) is 16.6. The molecule has 1 amide bonds. The third kappa shape index (κ3) is 4.93. The van der Waals surface area contributed by atoms with Gasteiger partial charge in [-0.25, -0.2) is 0 Å². The number of nitro benzene ring substituents is 1. The lowest BCUT2D eigenvalue weighted by Gasteiger charge is -2.24. The van der Waals surface area contributed by atoms with E-state index >= 15 is 0 Å². The minimum absolute atomic E-state index is 0. The fraction of sp³-hybridized carbons (Fsp3) is 0.381. The number of carbonyl (C=O) groups excluding carboxylic acids is 1. The number of nitrogens with zero attached hydrogens (tertiary/aromatic N) is 2. The van der Waals surface area contributed by atoms with Crippen LogP contribution in [0.3, 0.4) is 0 Å². The molecule has 2 aromatic carbocycles. The summed E-state index contributed by atoms with van der Waals surface area (Å²) in [7, 11) is 0. The Labute approximate surface area is 176 Å². The molecule has 7 nitrogen and oxygen atoms in total. The first-order valence-electron chi connectivity index (χ1n) is 9.46.